The maximum Gasteiger partial charge on any atom is 0.234 e. The number of unbranched alkanes of at least 4 members (excludes halogenated alkanes) is 1. The summed E-state index contributed by atoms with van der Waals surface area (Å²) in [5, 5.41) is 0. The van der Waals surface area contributed by atoms with Gasteiger partial charge in [0.05, 0.1) is 59.8 Å². The Kier molecular flexibility index (Phi) is 18.3. The summed E-state index contributed by atoms with van der Waals surface area (Å²) >= 11 is 0. The van der Waals surface area contributed by atoms with Crippen molar-refractivity contribution in [2.24, 2.45) is 17.2 Å². The van der Waals surface area contributed by atoms with Gasteiger partial charge in [-0.15, -0.1) is 0 Å². The molecule has 16 nitrogen and oxygen atoms in total. The lowest BCUT2D eigenvalue weighted by Gasteiger charge is -2.39. The molecule has 0 radical (unpaired) electrons. The highest BCUT2D eigenvalue weighted by molar-refractivity contribution is 7.93. The normalized spacial score (nSPS) is 13.9. The monoisotopic (exact) mass is 865 g/mol. The summed E-state index contributed by atoms with van der Waals surface area (Å²) in [6, 6.07) is 18.9. The molecule has 4 rings (SSSR count). The van der Waals surface area contributed by atoms with E-state index in [1.54, 1.807) is 72.8 Å². The van der Waals surface area contributed by atoms with Crippen LogP contribution in [-0.2, 0) is 34.0 Å². The van der Waals surface area contributed by atoms with E-state index in [1.807, 2.05) is 0 Å². The Hall–Kier alpha value is -5.98. The number of hydrogen-bond donors (Lipinski definition) is 5. The number of benzene rings is 4. The van der Waals surface area contributed by atoms with Crippen LogP contribution in [0.1, 0.15) is 41.5 Å². The largest absolute Gasteiger partial charge is 0.496 e. The van der Waals surface area contributed by atoms with Crippen LogP contribution in [-0.4, -0.2) is 83.8 Å². The molecule has 0 aliphatic rings. The summed E-state index contributed by atoms with van der Waals surface area (Å²) in [6.45, 7) is 0.644. The lowest BCUT2D eigenvalue weighted by molar-refractivity contribution is -0.119. The Bertz CT molecular complexity index is 2070. The summed E-state index contributed by atoms with van der Waals surface area (Å²) in [5.41, 5.74) is 29.8. The minimum Gasteiger partial charge on any atom is -0.496 e. The number of rotatable bonds is 21. The summed E-state index contributed by atoms with van der Waals surface area (Å²) < 4.78 is 77.4. The zero-order valence-corrected chi connectivity index (χ0v) is 36.7. The number of carbonyl (C=O) groups is 1. The second-order valence-electron chi connectivity index (χ2n) is 13.3. The maximum absolute atomic E-state index is 15.8. The van der Waals surface area contributed by atoms with Gasteiger partial charge < -0.3 is 66.6 Å². The van der Waals surface area contributed by atoms with Crippen LogP contribution < -0.4 is 57.1 Å². The Morgan fingerprint density at radius 1 is 0.623 bits per heavy atom. The number of nitrogens with two attached hydrogens (primary N) is 5. The first-order valence-corrected chi connectivity index (χ1v) is 20.4. The summed E-state index contributed by atoms with van der Waals surface area (Å²) in [4.78, 5) is 5.83. The van der Waals surface area contributed by atoms with E-state index in [2.05, 4.69) is 0 Å². The molecular formula is C44H59N5O11S. The van der Waals surface area contributed by atoms with Crippen LogP contribution in [0.15, 0.2) is 84.9 Å². The molecule has 3 atom stereocenters. The van der Waals surface area contributed by atoms with Crippen LogP contribution in [0.3, 0.4) is 0 Å². The third-order valence-electron chi connectivity index (χ3n) is 9.76. The quantitative estimate of drug-likeness (QED) is 0.0547. The van der Waals surface area contributed by atoms with E-state index in [9.17, 15) is 4.79 Å². The molecule has 0 aliphatic carbocycles. The van der Waals surface area contributed by atoms with E-state index in [1.165, 1.54) is 81.2 Å². The van der Waals surface area contributed by atoms with Crippen molar-refractivity contribution in [2.75, 3.05) is 74.9 Å². The van der Waals surface area contributed by atoms with Crippen LogP contribution in [0.4, 0.5) is 11.4 Å². The standard InChI is InChI=1S/C38H44N2O10S.C6H15N3O/c1-43-29-21-33(45-3)31(34(22-29)46-4)15-17-37(49-7,25-11-9-13-27(39)19-25)51(41,42)38(50-8,26-12-10-14-28(40)20-26)18-16-32-35(47-5)23-30(44-2)24-36(32)48-6;7-4-2-1-3-5(8)6(9)10/h9-24H,39-40H2,1-8H3;5H,1-4,7-8H2,(H2,9,10)/t;5-/m.0/s1. The highest BCUT2D eigenvalue weighted by Gasteiger charge is 2.57. The fourth-order valence-electron chi connectivity index (χ4n) is 6.44. The first-order chi connectivity index (χ1) is 29.1. The maximum atomic E-state index is 15.8. The van der Waals surface area contributed by atoms with E-state index in [4.69, 9.17) is 66.6 Å². The van der Waals surface area contributed by atoms with Crippen molar-refractivity contribution >= 4 is 39.3 Å². The number of anilines is 2. The molecule has 4 aromatic carbocycles. The van der Waals surface area contributed by atoms with Gasteiger partial charge in [0.1, 0.15) is 34.5 Å². The predicted molar refractivity (Wildman–Crippen MR) is 238 cm³/mol. The molecule has 0 heterocycles. The fraction of sp³-hybridized carbons (Fsp3) is 0.341. The van der Waals surface area contributed by atoms with Crippen molar-refractivity contribution < 1.29 is 51.1 Å². The molecule has 0 saturated carbocycles. The van der Waals surface area contributed by atoms with Gasteiger partial charge in [0.25, 0.3) is 0 Å². The van der Waals surface area contributed by atoms with Gasteiger partial charge in [-0.05, 0) is 68.0 Å². The first-order valence-electron chi connectivity index (χ1n) is 18.9. The third kappa shape index (κ3) is 11.0. The number of methoxy groups -OCH3 is 8. The van der Waals surface area contributed by atoms with Gasteiger partial charge in [-0.25, -0.2) is 8.42 Å². The van der Waals surface area contributed by atoms with Crippen molar-refractivity contribution in [3.8, 4) is 34.5 Å². The van der Waals surface area contributed by atoms with Crippen LogP contribution in [0.2, 0.25) is 0 Å². The molecule has 332 valence electrons. The summed E-state index contributed by atoms with van der Waals surface area (Å²) in [5.74, 6) is 1.91. The summed E-state index contributed by atoms with van der Waals surface area (Å²) in [6.07, 6.45) is 8.30. The van der Waals surface area contributed by atoms with Crippen molar-refractivity contribution in [1.29, 1.82) is 0 Å². The third-order valence-corrected chi connectivity index (χ3v) is 12.4. The SMILES string of the molecule is COc1cc(OC)c(C=CC(OC)(c2cccc(N)c2)S(=O)(=O)C(C=Cc2c(OC)cc(OC)cc2OC)(OC)c2cccc(N)c2)c(OC)c1.NCCCC[C@H](N)C(N)=O. The van der Waals surface area contributed by atoms with Gasteiger partial charge in [0.2, 0.25) is 25.6 Å². The number of amides is 1. The van der Waals surface area contributed by atoms with Gasteiger partial charge in [-0.3, -0.25) is 4.79 Å². The molecule has 0 aromatic heterocycles. The number of primary amides is 1. The molecule has 0 aliphatic heterocycles. The lowest BCUT2D eigenvalue weighted by Crippen LogP contribution is -2.49. The molecule has 0 fully saturated rings. The molecule has 0 saturated heterocycles. The van der Waals surface area contributed by atoms with Gasteiger partial charge in [-0.2, -0.15) is 0 Å². The van der Waals surface area contributed by atoms with Crippen molar-refractivity contribution in [2.45, 2.75) is 35.2 Å². The second-order valence-corrected chi connectivity index (χ2v) is 15.6. The Balaban J connectivity index is 0.000000878. The number of carbonyl (C=O) groups excluding carboxylic acids is 1. The smallest absolute Gasteiger partial charge is 0.234 e. The van der Waals surface area contributed by atoms with E-state index in [0.717, 1.165) is 12.8 Å². The Morgan fingerprint density at radius 3 is 1.28 bits per heavy atom. The molecule has 1 amide bonds. The lowest BCUT2D eigenvalue weighted by atomic mass is 10.0. The molecule has 10 N–H and O–H groups in total. The molecular weight excluding hydrogens is 807 g/mol. The number of ether oxygens (including phenoxy) is 8. The molecule has 0 spiro atoms. The van der Waals surface area contributed by atoms with Crippen LogP contribution in [0, 0.1) is 0 Å². The molecule has 2 unspecified atom stereocenters. The van der Waals surface area contributed by atoms with E-state index in [-0.39, 0.29) is 11.1 Å². The Labute approximate surface area is 358 Å². The average Bonchev–Trinajstić information content (AvgIpc) is 3.26. The zero-order valence-electron chi connectivity index (χ0n) is 35.9. The van der Waals surface area contributed by atoms with Gasteiger partial charge in [0, 0.05) is 61.0 Å². The van der Waals surface area contributed by atoms with Crippen molar-refractivity contribution in [3.05, 3.63) is 107 Å². The second kappa shape index (κ2) is 22.6. The van der Waals surface area contributed by atoms with E-state index >= 15 is 8.42 Å². The van der Waals surface area contributed by atoms with Crippen LogP contribution in [0.5, 0.6) is 34.5 Å². The minimum absolute atomic E-state index is 0.186. The number of nitrogen functional groups attached to an aromatic ring is 2. The predicted octanol–water partition coefficient (Wildman–Crippen LogP) is 4.97. The first kappa shape index (κ1) is 49.4. The van der Waals surface area contributed by atoms with Gasteiger partial charge >= 0.3 is 0 Å². The highest BCUT2D eigenvalue weighted by atomic mass is 32.2. The molecule has 0 bridgehead atoms. The average molecular weight is 866 g/mol. The van der Waals surface area contributed by atoms with Gasteiger partial charge in [-0.1, -0.05) is 30.7 Å². The number of sulfone groups is 1. The zero-order chi connectivity index (χ0) is 45.4. The van der Waals surface area contributed by atoms with Gasteiger partial charge in [0.15, 0.2) is 0 Å². The molecule has 17 heteroatoms. The number of hydrogen-bond acceptors (Lipinski definition) is 15. The fourth-order valence-corrected chi connectivity index (χ4v) is 8.70. The Morgan fingerprint density at radius 2 is 1.00 bits per heavy atom. The summed E-state index contributed by atoms with van der Waals surface area (Å²) in [7, 11) is 6.69. The topological polar surface area (TPSA) is 255 Å². The molecule has 61 heavy (non-hydrogen) atoms. The van der Waals surface area contributed by atoms with Crippen molar-refractivity contribution in [1.82, 2.24) is 0 Å². The van der Waals surface area contributed by atoms with Crippen LogP contribution in [0.25, 0.3) is 12.2 Å². The highest BCUT2D eigenvalue weighted by Crippen LogP contribution is 2.49. The minimum atomic E-state index is -4.81. The van der Waals surface area contributed by atoms with E-state index < -0.39 is 31.7 Å². The van der Waals surface area contributed by atoms with Crippen molar-refractivity contribution in [3.63, 3.8) is 0 Å². The van der Waals surface area contributed by atoms with E-state index in [0.29, 0.717) is 70.0 Å². The van der Waals surface area contributed by atoms with Crippen LogP contribution >= 0.6 is 0 Å². The molecule has 4 aromatic rings.